The molecule has 0 heterocycles. The van der Waals surface area contributed by atoms with E-state index in [0.717, 1.165) is 52.5 Å². The first kappa shape index (κ1) is 31.1. The second-order valence-electron chi connectivity index (χ2n) is 9.52. The van der Waals surface area contributed by atoms with Crippen molar-refractivity contribution in [1.29, 1.82) is 0 Å². The van der Waals surface area contributed by atoms with Gasteiger partial charge in [0.15, 0.2) is 0 Å². The van der Waals surface area contributed by atoms with Gasteiger partial charge in [0.1, 0.15) is 18.4 Å². The molecule has 214 valence electrons. The van der Waals surface area contributed by atoms with Crippen LogP contribution in [0.4, 0.5) is 10.1 Å². The van der Waals surface area contributed by atoms with E-state index in [2.05, 4.69) is 5.32 Å². The van der Waals surface area contributed by atoms with Gasteiger partial charge in [-0.05, 0) is 73.9 Å². The van der Waals surface area contributed by atoms with Crippen molar-refractivity contribution in [3.8, 4) is 0 Å². The summed E-state index contributed by atoms with van der Waals surface area (Å²) < 4.78 is 42.1. The standard InChI is InChI=1S/C30H35ClFN3O4S/c1-4-6-19-33-30(37)28(5-2)34(20-23-9-11-24(31)12-10-23)29(36)21-35(26-15-7-22(3)8-16-26)40(38,39)27-17-13-25(32)14-18-27/h7-18,28H,4-6,19-21H2,1-3H3,(H,33,37). The number of hydrogen-bond donors (Lipinski definition) is 1. The number of carbonyl (C=O) groups excluding carboxylic acids is 2. The zero-order chi connectivity index (χ0) is 29.3. The first-order valence-electron chi connectivity index (χ1n) is 13.2. The molecular formula is C30H35ClFN3O4S. The molecule has 2 amide bonds. The molecule has 0 fully saturated rings. The Hall–Kier alpha value is -3.43. The van der Waals surface area contributed by atoms with Crippen molar-refractivity contribution in [3.05, 3.63) is 94.8 Å². The second-order valence-corrected chi connectivity index (χ2v) is 11.8. The van der Waals surface area contributed by atoms with Gasteiger partial charge < -0.3 is 10.2 Å². The van der Waals surface area contributed by atoms with Gasteiger partial charge >= 0.3 is 0 Å². The van der Waals surface area contributed by atoms with E-state index in [-0.39, 0.29) is 23.0 Å². The SMILES string of the molecule is CCCCNC(=O)C(CC)N(Cc1ccc(Cl)cc1)C(=O)CN(c1ccc(C)cc1)S(=O)(=O)c1ccc(F)cc1. The lowest BCUT2D eigenvalue weighted by molar-refractivity contribution is -0.140. The molecule has 1 unspecified atom stereocenters. The summed E-state index contributed by atoms with van der Waals surface area (Å²) in [6.45, 7) is 5.68. The smallest absolute Gasteiger partial charge is 0.264 e. The van der Waals surface area contributed by atoms with E-state index in [0.29, 0.717) is 18.0 Å². The first-order chi connectivity index (χ1) is 19.1. The average Bonchev–Trinajstić information content (AvgIpc) is 2.93. The van der Waals surface area contributed by atoms with Gasteiger partial charge in [-0.2, -0.15) is 0 Å². The Morgan fingerprint density at radius 1 is 0.950 bits per heavy atom. The Bertz CT molecular complexity index is 1380. The number of sulfonamides is 1. The van der Waals surface area contributed by atoms with Gasteiger partial charge in [0.2, 0.25) is 11.8 Å². The Kier molecular flexibility index (Phi) is 11.1. The number of rotatable bonds is 13. The minimum Gasteiger partial charge on any atom is -0.354 e. The molecule has 3 aromatic rings. The molecular weight excluding hydrogens is 553 g/mol. The van der Waals surface area contributed by atoms with Crippen molar-refractivity contribution in [2.75, 3.05) is 17.4 Å². The summed E-state index contributed by atoms with van der Waals surface area (Å²) in [5.41, 5.74) is 1.92. The van der Waals surface area contributed by atoms with E-state index < -0.39 is 34.3 Å². The number of carbonyl (C=O) groups is 2. The maximum Gasteiger partial charge on any atom is 0.264 e. The van der Waals surface area contributed by atoms with Gasteiger partial charge in [-0.1, -0.05) is 61.7 Å². The van der Waals surface area contributed by atoms with Crippen molar-refractivity contribution in [1.82, 2.24) is 10.2 Å². The van der Waals surface area contributed by atoms with E-state index in [4.69, 9.17) is 11.6 Å². The average molecular weight is 588 g/mol. The predicted molar refractivity (Wildman–Crippen MR) is 156 cm³/mol. The Morgan fingerprint density at radius 3 is 2.15 bits per heavy atom. The summed E-state index contributed by atoms with van der Waals surface area (Å²) in [5, 5.41) is 3.43. The fourth-order valence-corrected chi connectivity index (χ4v) is 5.73. The first-order valence-corrected chi connectivity index (χ1v) is 15.0. The molecule has 0 saturated heterocycles. The van der Waals surface area contributed by atoms with Crippen LogP contribution in [-0.4, -0.2) is 44.3 Å². The van der Waals surface area contributed by atoms with Crippen LogP contribution >= 0.6 is 11.6 Å². The fourth-order valence-electron chi connectivity index (χ4n) is 4.19. The molecule has 0 aliphatic carbocycles. The molecule has 3 aromatic carbocycles. The summed E-state index contributed by atoms with van der Waals surface area (Å²) in [6.07, 6.45) is 2.02. The normalized spacial score (nSPS) is 12.0. The van der Waals surface area contributed by atoms with Crippen LogP contribution in [0.3, 0.4) is 0 Å². The predicted octanol–water partition coefficient (Wildman–Crippen LogP) is 5.71. The zero-order valence-electron chi connectivity index (χ0n) is 22.9. The summed E-state index contributed by atoms with van der Waals surface area (Å²) in [5.74, 6) is -1.44. The van der Waals surface area contributed by atoms with Gasteiger partial charge in [-0.25, -0.2) is 12.8 Å². The number of benzene rings is 3. The molecule has 1 atom stereocenters. The minimum absolute atomic E-state index is 0.0774. The van der Waals surface area contributed by atoms with Crippen LogP contribution < -0.4 is 9.62 Å². The van der Waals surface area contributed by atoms with E-state index in [1.165, 1.54) is 4.90 Å². The molecule has 1 N–H and O–H groups in total. The molecule has 0 radical (unpaired) electrons. The molecule has 0 saturated carbocycles. The monoisotopic (exact) mass is 587 g/mol. The zero-order valence-corrected chi connectivity index (χ0v) is 24.5. The quantitative estimate of drug-likeness (QED) is 0.260. The van der Waals surface area contributed by atoms with Crippen LogP contribution in [0, 0.1) is 12.7 Å². The molecule has 0 bridgehead atoms. The highest BCUT2D eigenvalue weighted by Gasteiger charge is 2.33. The summed E-state index contributed by atoms with van der Waals surface area (Å²) in [7, 11) is -4.26. The van der Waals surface area contributed by atoms with E-state index in [1.54, 1.807) is 55.5 Å². The fraction of sp³-hybridized carbons (Fsp3) is 0.333. The van der Waals surface area contributed by atoms with Crippen LogP contribution in [0.5, 0.6) is 0 Å². The molecule has 7 nitrogen and oxygen atoms in total. The van der Waals surface area contributed by atoms with Crippen molar-refractivity contribution in [3.63, 3.8) is 0 Å². The van der Waals surface area contributed by atoms with Gasteiger partial charge in [-0.15, -0.1) is 0 Å². The van der Waals surface area contributed by atoms with Crippen molar-refractivity contribution < 1.29 is 22.4 Å². The minimum atomic E-state index is -4.26. The van der Waals surface area contributed by atoms with Gasteiger partial charge in [0.25, 0.3) is 10.0 Å². The molecule has 10 heteroatoms. The van der Waals surface area contributed by atoms with E-state index in [1.807, 2.05) is 13.8 Å². The Balaban J connectivity index is 2.02. The molecule has 0 aliphatic rings. The lowest BCUT2D eigenvalue weighted by Crippen LogP contribution is -2.52. The lowest BCUT2D eigenvalue weighted by atomic mass is 10.1. The third-order valence-corrected chi connectivity index (χ3v) is 8.52. The summed E-state index contributed by atoms with van der Waals surface area (Å²) >= 11 is 6.05. The van der Waals surface area contributed by atoms with Crippen molar-refractivity contribution >= 4 is 39.1 Å². The highest BCUT2D eigenvalue weighted by molar-refractivity contribution is 7.92. The molecule has 0 aliphatic heterocycles. The topological polar surface area (TPSA) is 86.8 Å². The van der Waals surface area contributed by atoms with Crippen LogP contribution in [-0.2, 0) is 26.2 Å². The van der Waals surface area contributed by atoms with Crippen molar-refractivity contribution in [2.24, 2.45) is 0 Å². The van der Waals surface area contributed by atoms with Gasteiger partial charge in [0, 0.05) is 18.1 Å². The maximum absolute atomic E-state index is 14.0. The second kappa shape index (κ2) is 14.3. The molecule has 3 rings (SSSR count). The van der Waals surface area contributed by atoms with Gasteiger partial charge in [0.05, 0.1) is 10.6 Å². The Labute approximate surface area is 241 Å². The van der Waals surface area contributed by atoms with Gasteiger partial charge in [-0.3, -0.25) is 13.9 Å². The van der Waals surface area contributed by atoms with Crippen LogP contribution in [0.1, 0.15) is 44.2 Å². The van der Waals surface area contributed by atoms with Crippen LogP contribution in [0.2, 0.25) is 5.02 Å². The number of amides is 2. The number of aryl methyl sites for hydroxylation is 1. The maximum atomic E-state index is 14.0. The number of halogens is 2. The number of anilines is 1. The largest absolute Gasteiger partial charge is 0.354 e. The summed E-state index contributed by atoms with van der Waals surface area (Å²) in [6, 6.07) is 17.2. The lowest BCUT2D eigenvalue weighted by Gasteiger charge is -2.33. The third-order valence-electron chi connectivity index (χ3n) is 6.48. The third kappa shape index (κ3) is 8.05. The number of unbranched alkanes of at least 4 members (excludes halogenated alkanes) is 1. The molecule has 40 heavy (non-hydrogen) atoms. The number of hydrogen-bond acceptors (Lipinski definition) is 4. The van der Waals surface area contributed by atoms with E-state index >= 15 is 0 Å². The van der Waals surface area contributed by atoms with Crippen LogP contribution in [0.25, 0.3) is 0 Å². The van der Waals surface area contributed by atoms with E-state index in [9.17, 15) is 22.4 Å². The molecule has 0 aromatic heterocycles. The number of nitrogens with zero attached hydrogens (tertiary/aromatic N) is 2. The number of nitrogens with one attached hydrogen (secondary N) is 1. The van der Waals surface area contributed by atoms with Crippen molar-refractivity contribution in [2.45, 2.75) is 57.5 Å². The Morgan fingerprint density at radius 2 is 1.57 bits per heavy atom. The summed E-state index contributed by atoms with van der Waals surface area (Å²) in [4.78, 5) is 28.4. The molecule has 0 spiro atoms. The highest BCUT2D eigenvalue weighted by Crippen LogP contribution is 2.25. The van der Waals surface area contributed by atoms with Crippen LogP contribution in [0.15, 0.2) is 77.7 Å². The highest BCUT2D eigenvalue weighted by atomic mass is 35.5.